The Morgan fingerprint density at radius 3 is 2.56 bits per heavy atom. The Hall–Kier alpha value is -0.470. The second kappa shape index (κ2) is 8.60. The van der Waals surface area contributed by atoms with E-state index in [4.69, 9.17) is 0 Å². The molecule has 2 atom stereocenters. The van der Waals surface area contributed by atoms with E-state index in [0.29, 0.717) is 6.04 Å². The Kier molecular flexibility index (Phi) is 7.45. The monoisotopic (exact) mass is 265 g/mol. The lowest BCUT2D eigenvalue weighted by Gasteiger charge is -2.24. The Balaban J connectivity index is 2.54. The van der Waals surface area contributed by atoms with E-state index in [0.717, 1.165) is 12.5 Å². The highest BCUT2D eigenvalue weighted by molar-refractivity contribution is 7.99. The maximum Gasteiger partial charge on any atom is 0.0187 e. The molecule has 0 saturated carbocycles. The van der Waals surface area contributed by atoms with Crippen LogP contribution in [0.15, 0.2) is 29.2 Å². The molecule has 0 bridgehead atoms. The first kappa shape index (κ1) is 15.6. The Morgan fingerprint density at radius 2 is 1.94 bits per heavy atom. The minimum Gasteiger partial charge on any atom is -0.313 e. The topological polar surface area (TPSA) is 12.0 Å². The molecule has 0 saturated heterocycles. The Bertz CT molecular complexity index is 338. The van der Waals surface area contributed by atoms with Crippen LogP contribution in [-0.4, -0.2) is 18.3 Å². The molecule has 0 aromatic heterocycles. The molecule has 0 radical (unpaired) electrons. The van der Waals surface area contributed by atoms with E-state index >= 15 is 0 Å². The van der Waals surface area contributed by atoms with Crippen molar-refractivity contribution in [2.24, 2.45) is 5.92 Å². The van der Waals surface area contributed by atoms with E-state index < -0.39 is 0 Å². The summed E-state index contributed by atoms with van der Waals surface area (Å²) in [7, 11) is 0. The molecule has 2 heteroatoms. The first-order chi connectivity index (χ1) is 8.69. The van der Waals surface area contributed by atoms with Crippen LogP contribution in [0.3, 0.4) is 0 Å². The van der Waals surface area contributed by atoms with Gasteiger partial charge < -0.3 is 5.32 Å². The fourth-order valence-electron chi connectivity index (χ4n) is 2.24. The lowest BCUT2D eigenvalue weighted by atomic mass is 9.98. The van der Waals surface area contributed by atoms with Gasteiger partial charge in [0.2, 0.25) is 0 Å². The van der Waals surface area contributed by atoms with Crippen LogP contribution in [0.25, 0.3) is 0 Å². The molecule has 0 heterocycles. The van der Waals surface area contributed by atoms with Crippen LogP contribution in [0.5, 0.6) is 0 Å². The van der Waals surface area contributed by atoms with Gasteiger partial charge in [-0.15, -0.1) is 11.8 Å². The van der Waals surface area contributed by atoms with Crippen molar-refractivity contribution in [2.45, 2.75) is 51.5 Å². The van der Waals surface area contributed by atoms with Gasteiger partial charge in [0, 0.05) is 16.7 Å². The maximum atomic E-state index is 3.64. The van der Waals surface area contributed by atoms with Crippen molar-refractivity contribution >= 4 is 11.8 Å². The number of thioether (sulfide) groups is 1. The third-order valence-electron chi connectivity index (χ3n) is 3.41. The molecule has 1 rings (SSSR count). The Labute approximate surface area is 117 Å². The quantitative estimate of drug-likeness (QED) is 0.694. The minimum absolute atomic E-state index is 0.625. The minimum atomic E-state index is 0.625. The fraction of sp³-hybridized carbons (Fsp3) is 0.625. The van der Waals surface area contributed by atoms with Gasteiger partial charge in [0.05, 0.1) is 0 Å². The Morgan fingerprint density at radius 1 is 1.22 bits per heavy atom. The highest BCUT2D eigenvalue weighted by Gasteiger charge is 2.15. The lowest BCUT2D eigenvalue weighted by Crippen LogP contribution is -2.37. The average molecular weight is 265 g/mol. The molecule has 1 aromatic carbocycles. The van der Waals surface area contributed by atoms with Crippen LogP contribution in [-0.2, 0) is 0 Å². The van der Waals surface area contributed by atoms with Crippen LogP contribution in [0, 0.1) is 12.8 Å². The summed E-state index contributed by atoms with van der Waals surface area (Å²) >= 11 is 1.99. The summed E-state index contributed by atoms with van der Waals surface area (Å²) in [6, 6.07) is 9.29. The van der Waals surface area contributed by atoms with Crippen molar-refractivity contribution in [3.63, 3.8) is 0 Å². The molecule has 18 heavy (non-hydrogen) atoms. The zero-order valence-corrected chi connectivity index (χ0v) is 13.0. The van der Waals surface area contributed by atoms with E-state index in [1.54, 1.807) is 0 Å². The molecule has 1 N–H and O–H groups in total. The summed E-state index contributed by atoms with van der Waals surface area (Å²) in [5.41, 5.74) is 1.39. The van der Waals surface area contributed by atoms with Gasteiger partial charge in [-0.2, -0.15) is 0 Å². The standard InChI is InChI=1S/C16H27NS/c1-5-9-13(3)15(17-6-2)12-18-16-11-8-7-10-14(16)4/h7-8,10-11,13,15,17H,5-6,9,12H2,1-4H3. The smallest absolute Gasteiger partial charge is 0.0187 e. The molecule has 1 aromatic rings. The van der Waals surface area contributed by atoms with Crippen LogP contribution in [0.2, 0.25) is 0 Å². The average Bonchev–Trinajstić information content (AvgIpc) is 2.36. The van der Waals surface area contributed by atoms with Crippen LogP contribution >= 0.6 is 11.8 Å². The molecular weight excluding hydrogens is 238 g/mol. The number of hydrogen-bond donors (Lipinski definition) is 1. The summed E-state index contributed by atoms with van der Waals surface area (Å²) in [6.07, 6.45) is 2.59. The summed E-state index contributed by atoms with van der Waals surface area (Å²) < 4.78 is 0. The molecule has 0 amide bonds. The highest BCUT2D eigenvalue weighted by atomic mass is 32.2. The molecule has 102 valence electrons. The summed E-state index contributed by atoms with van der Waals surface area (Å²) in [6.45, 7) is 10.1. The maximum absolute atomic E-state index is 3.64. The predicted molar refractivity (Wildman–Crippen MR) is 83.4 cm³/mol. The van der Waals surface area contributed by atoms with Gasteiger partial charge in [0.25, 0.3) is 0 Å². The molecule has 0 aliphatic heterocycles. The van der Waals surface area contributed by atoms with Crippen molar-refractivity contribution in [3.8, 4) is 0 Å². The number of aryl methyl sites for hydroxylation is 1. The first-order valence-electron chi connectivity index (χ1n) is 7.10. The van der Waals surface area contributed by atoms with Crippen molar-refractivity contribution in [1.29, 1.82) is 0 Å². The van der Waals surface area contributed by atoms with E-state index in [1.165, 1.54) is 29.1 Å². The van der Waals surface area contributed by atoms with E-state index in [1.807, 2.05) is 11.8 Å². The van der Waals surface area contributed by atoms with E-state index in [2.05, 4.69) is 57.3 Å². The fourth-order valence-corrected chi connectivity index (χ4v) is 3.52. The van der Waals surface area contributed by atoms with Crippen molar-refractivity contribution in [3.05, 3.63) is 29.8 Å². The second-order valence-electron chi connectivity index (χ2n) is 5.01. The van der Waals surface area contributed by atoms with Gasteiger partial charge in [-0.25, -0.2) is 0 Å². The number of nitrogens with one attached hydrogen (secondary N) is 1. The lowest BCUT2D eigenvalue weighted by molar-refractivity contribution is 0.388. The van der Waals surface area contributed by atoms with E-state index in [9.17, 15) is 0 Å². The SMILES string of the molecule is CCCC(C)C(CSc1ccccc1C)NCC. The highest BCUT2D eigenvalue weighted by Crippen LogP contribution is 2.25. The molecule has 2 unspecified atom stereocenters. The van der Waals surface area contributed by atoms with E-state index in [-0.39, 0.29) is 0 Å². The van der Waals surface area contributed by atoms with Gasteiger partial charge in [-0.1, -0.05) is 45.4 Å². The third-order valence-corrected chi connectivity index (χ3v) is 4.70. The van der Waals surface area contributed by atoms with Gasteiger partial charge in [0.15, 0.2) is 0 Å². The summed E-state index contributed by atoms with van der Waals surface area (Å²) in [5, 5.41) is 3.64. The number of rotatable bonds is 8. The van der Waals surface area contributed by atoms with Crippen LogP contribution in [0.1, 0.15) is 39.2 Å². The zero-order valence-electron chi connectivity index (χ0n) is 12.2. The first-order valence-corrected chi connectivity index (χ1v) is 8.09. The predicted octanol–water partition coefficient (Wildman–Crippen LogP) is 4.50. The molecule has 0 aliphatic rings. The molecule has 1 nitrogen and oxygen atoms in total. The third kappa shape index (κ3) is 5.03. The molecular formula is C16H27NS. The summed E-state index contributed by atoms with van der Waals surface area (Å²) in [4.78, 5) is 1.42. The van der Waals surface area contributed by atoms with Crippen LogP contribution in [0.4, 0.5) is 0 Å². The van der Waals surface area contributed by atoms with Gasteiger partial charge in [-0.05, 0) is 37.4 Å². The van der Waals surface area contributed by atoms with Gasteiger partial charge in [0.1, 0.15) is 0 Å². The number of hydrogen-bond acceptors (Lipinski definition) is 2. The number of benzene rings is 1. The zero-order chi connectivity index (χ0) is 13.4. The molecule has 0 aliphatic carbocycles. The van der Waals surface area contributed by atoms with Crippen molar-refractivity contribution in [2.75, 3.05) is 12.3 Å². The van der Waals surface area contributed by atoms with Crippen molar-refractivity contribution in [1.82, 2.24) is 5.32 Å². The second-order valence-corrected chi connectivity index (χ2v) is 6.07. The van der Waals surface area contributed by atoms with Gasteiger partial charge in [-0.3, -0.25) is 0 Å². The van der Waals surface area contributed by atoms with Gasteiger partial charge >= 0.3 is 0 Å². The van der Waals surface area contributed by atoms with Crippen LogP contribution < -0.4 is 5.32 Å². The summed E-state index contributed by atoms with van der Waals surface area (Å²) in [5.74, 6) is 1.92. The van der Waals surface area contributed by atoms with Crippen molar-refractivity contribution < 1.29 is 0 Å². The molecule has 0 spiro atoms. The molecule has 0 fully saturated rings. The normalized spacial score (nSPS) is 14.4. The largest absolute Gasteiger partial charge is 0.313 e.